The Morgan fingerprint density at radius 1 is 1.37 bits per heavy atom. The van der Waals surface area contributed by atoms with Gasteiger partial charge in [0.05, 0.1) is 4.88 Å². The monoisotopic (exact) mass is 278 g/mol. The topological polar surface area (TPSA) is 32.3 Å². The zero-order valence-electron chi connectivity index (χ0n) is 11.6. The fraction of sp³-hybridized carbons (Fsp3) is 0.667. The number of carbonyl (C=O) groups excluding carboxylic acids is 1. The summed E-state index contributed by atoms with van der Waals surface area (Å²) in [6.45, 7) is 6.56. The van der Waals surface area contributed by atoms with E-state index in [1.54, 1.807) is 11.3 Å². The molecule has 0 atom stereocenters. The summed E-state index contributed by atoms with van der Waals surface area (Å²) < 4.78 is 0. The number of thiophene rings is 1. The molecule has 0 radical (unpaired) electrons. The molecule has 0 aromatic carbocycles. The fourth-order valence-electron chi connectivity index (χ4n) is 2.89. The van der Waals surface area contributed by atoms with E-state index >= 15 is 0 Å². The minimum absolute atomic E-state index is 0.103. The van der Waals surface area contributed by atoms with Crippen LogP contribution in [0.1, 0.15) is 40.2 Å². The Balaban J connectivity index is 1.50. The average Bonchev–Trinajstić information content (AvgIpc) is 2.79. The van der Waals surface area contributed by atoms with Gasteiger partial charge in [-0.25, -0.2) is 0 Å². The molecule has 4 heteroatoms. The maximum Gasteiger partial charge on any atom is 0.261 e. The molecule has 1 N–H and O–H groups in total. The van der Waals surface area contributed by atoms with Crippen molar-refractivity contribution in [2.45, 2.75) is 32.6 Å². The highest BCUT2D eigenvalue weighted by Gasteiger charge is 2.44. The third-order valence-corrected chi connectivity index (χ3v) is 5.30. The van der Waals surface area contributed by atoms with E-state index in [0.717, 1.165) is 11.4 Å². The third kappa shape index (κ3) is 3.18. The van der Waals surface area contributed by atoms with Crippen LogP contribution >= 0.6 is 11.3 Å². The van der Waals surface area contributed by atoms with Crippen LogP contribution in [-0.2, 0) is 0 Å². The van der Waals surface area contributed by atoms with Crippen molar-refractivity contribution in [1.29, 1.82) is 0 Å². The van der Waals surface area contributed by atoms with E-state index in [2.05, 4.69) is 10.2 Å². The molecule has 3 nitrogen and oxygen atoms in total. The van der Waals surface area contributed by atoms with E-state index in [1.807, 2.05) is 19.1 Å². The average molecular weight is 278 g/mol. The normalized spacial score (nSPS) is 21.5. The zero-order chi connectivity index (χ0) is 13.3. The number of nitrogens with zero attached hydrogens (tertiary/aromatic N) is 1. The minimum Gasteiger partial charge on any atom is -0.351 e. The van der Waals surface area contributed by atoms with Crippen LogP contribution in [0, 0.1) is 12.3 Å². The van der Waals surface area contributed by atoms with Gasteiger partial charge in [0.15, 0.2) is 0 Å². The molecule has 3 rings (SSSR count). The number of hydrogen-bond acceptors (Lipinski definition) is 3. The van der Waals surface area contributed by atoms with Gasteiger partial charge in [-0.15, -0.1) is 11.3 Å². The van der Waals surface area contributed by atoms with Crippen molar-refractivity contribution in [2.75, 3.05) is 26.2 Å². The number of aryl methyl sites for hydroxylation is 1. The molecule has 1 aromatic heterocycles. The lowest BCUT2D eigenvalue weighted by Gasteiger charge is -2.23. The first-order valence-corrected chi connectivity index (χ1v) is 8.06. The Labute approximate surface area is 119 Å². The maximum absolute atomic E-state index is 12.1. The van der Waals surface area contributed by atoms with Crippen molar-refractivity contribution in [3.05, 3.63) is 21.9 Å². The molecule has 1 amide bonds. The number of likely N-dealkylation sites (tertiary alicyclic amines) is 1. The van der Waals surface area contributed by atoms with E-state index < -0.39 is 0 Å². The number of amides is 1. The summed E-state index contributed by atoms with van der Waals surface area (Å²) in [5.74, 6) is 0.103. The van der Waals surface area contributed by atoms with Gasteiger partial charge in [0, 0.05) is 23.4 Å². The van der Waals surface area contributed by atoms with Crippen LogP contribution in [0.15, 0.2) is 12.1 Å². The molecule has 1 aromatic rings. The summed E-state index contributed by atoms with van der Waals surface area (Å²) in [5.41, 5.74) is 0.381. The van der Waals surface area contributed by atoms with Crippen LogP contribution < -0.4 is 5.32 Å². The number of hydrogen-bond donors (Lipinski definition) is 1. The summed E-state index contributed by atoms with van der Waals surface area (Å²) in [6.07, 6.45) is 5.23. The van der Waals surface area contributed by atoms with E-state index in [4.69, 9.17) is 0 Å². The highest BCUT2D eigenvalue weighted by molar-refractivity contribution is 7.13. The smallest absolute Gasteiger partial charge is 0.261 e. The maximum atomic E-state index is 12.1. The first kappa shape index (κ1) is 13.1. The van der Waals surface area contributed by atoms with Crippen molar-refractivity contribution < 1.29 is 4.79 Å². The van der Waals surface area contributed by atoms with Crippen molar-refractivity contribution in [2.24, 2.45) is 5.41 Å². The van der Waals surface area contributed by atoms with Crippen molar-refractivity contribution in [3.8, 4) is 0 Å². The van der Waals surface area contributed by atoms with Gasteiger partial charge in [-0.2, -0.15) is 0 Å². The Bertz CT molecular complexity index is 458. The predicted octanol–water partition coefficient (Wildman–Crippen LogP) is 2.66. The van der Waals surface area contributed by atoms with Crippen LogP contribution in [0.25, 0.3) is 0 Å². The molecule has 0 unspecified atom stereocenters. The van der Waals surface area contributed by atoms with Crippen molar-refractivity contribution in [3.63, 3.8) is 0 Å². The molecular weight excluding hydrogens is 256 g/mol. The van der Waals surface area contributed by atoms with Gasteiger partial charge >= 0.3 is 0 Å². The fourth-order valence-corrected chi connectivity index (χ4v) is 3.68. The van der Waals surface area contributed by atoms with E-state index in [-0.39, 0.29) is 5.91 Å². The highest BCUT2D eigenvalue weighted by atomic mass is 32.1. The molecule has 1 saturated carbocycles. The third-order valence-electron chi connectivity index (χ3n) is 4.30. The van der Waals surface area contributed by atoms with Gasteiger partial charge in [0.25, 0.3) is 5.91 Å². The molecule has 2 fully saturated rings. The Hall–Kier alpha value is -0.870. The van der Waals surface area contributed by atoms with Gasteiger partial charge in [-0.1, -0.05) is 0 Å². The largest absolute Gasteiger partial charge is 0.351 e. The second-order valence-electron chi connectivity index (χ2n) is 6.08. The lowest BCUT2D eigenvalue weighted by atomic mass is 10.1. The Morgan fingerprint density at radius 2 is 2.11 bits per heavy atom. The lowest BCUT2D eigenvalue weighted by Crippen LogP contribution is -2.36. The van der Waals surface area contributed by atoms with Crippen molar-refractivity contribution >= 4 is 17.2 Å². The Kier molecular flexibility index (Phi) is 3.63. The van der Waals surface area contributed by atoms with Crippen LogP contribution in [0.3, 0.4) is 0 Å². The van der Waals surface area contributed by atoms with Gasteiger partial charge in [0.2, 0.25) is 0 Å². The molecule has 104 valence electrons. The Morgan fingerprint density at radius 3 is 2.68 bits per heavy atom. The summed E-state index contributed by atoms with van der Waals surface area (Å²) in [5, 5.41) is 3.13. The van der Waals surface area contributed by atoms with Gasteiger partial charge < -0.3 is 10.2 Å². The standard InChI is InChI=1S/C15H22N2OS/c1-12-4-5-13(19-12)14(18)16-10-15(6-7-15)11-17-8-2-3-9-17/h4-5H,2-3,6-11H2,1H3,(H,16,18). The second-order valence-corrected chi connectivity index (χ2v) is 7.36. The molecule has 0 bridgehead atoms. The summed E-state index contributed by atoms with van der Waals surface area (Å²) >= 11 is 1.58. The van der Waals surface area contributed by atoms with Crippen molar-refractivity contribution in [1.82, 2.24) is 10.2 Å². The van der Waals surface area contributed by atoms with Crippen LogP contribution in [0.4, 0.5) is 0 Å². The molecule has 2 aliphatic rings. The lowest BCUT2D eigenvalue weighted by molar-refractivity contribution is 0.0944. The summed E-state index contributed by atoms with van der Waals surface area (Å²) in [6, 6.07) is 3.94. The van der Waals surface area contributed by atoms with E-state index in [1.165, 1.54) is 50.2 Å². The molecule has 0 spiro atoms. The molecular formula is C15H22N2OS. The molecule has 2 heterocycles. The van der Waals surface area contributed by atoms with Gasteiger partial charge in [-0.3, -0.25) is 4.79 Å². The number of carbonyl (C=O) groups is 1. The zero-order valence-corrected chi connectivity index (χ0v) is 12.4. The highest BCUT2D eigenvalue weighted by Crippen LogP contribution is 2.46. The predicted molar refractivity (Wildman–Crippen MR) is 78.7 cm³/mol. The SMILES string of the molecule is Cc1ccc(C(=O)NCC2(CN3CCCC3)CC2)s1. The molecule has 1 aliphatic heterocycles. The van der Waals surface area contributed by atoms with Crippen LogP contribution in [0.5, 0.6) is 0 Å². The summed E-state index contributed by atoms with van der Waals surface area (Å²) in [4.78, 5) is 16.7. The van der Waals surface area contributed by atoms with Gasteiger partial charge in [0.1, 0.15) is 0 Å². The first-order valence-electron chi connectivity index (χ1n) is 7.24. The summed E-state index contributed by atoms with van der Waals surface area (Å²) in [7, 11) is 0. The molecule has 19 heavy (non-hydrogen) atoms. The van der Waals surface area contributed by atoms with Gasteiger partial charge in [-0.05, 0) is 57.8 Å². The van der Waals surface area contributed by atoms with Crippen LogP contribution in [-0.4, -0.2) is 37.0 Å². The quantitative estimate of drug-likeness (QED) is 0.898. The second kappa shape index (κ2) is 5.25. The minimum atomic E-state index is 0.103. The molecule has 1 aliphatic carbocycles. The van der Waals surface area contributed by atoms with E-state index in [0.29, 0.717) is 5.41 Å². The van der Waals surface area contributed by atoms with E-state index in [9.17, 15) is 4.79 Å². The number of nitrogens with one attached hydrogen (secondary N) is 1. The molecule has 1 saturated heterocycles. The first-order chi connectivity index (χ1) is 9.17. The number of rotatable bonds is 5. The van der Waals surface area contributed by atoms with Crippen LogP contribution in [0.2, 0.25) is 0 Å².